The molecule has 2 atom stereocenters. The number of methoxy groups -OCH3 is 2. The number of hydrogen-bond acceptors (Lipinski definition) is 5. The zero-order valence-corrected chi connectivity index (χ0v) is 11.9. The maximum absolute atomic E-state index is 5.81. The van der Waals surface area contributed by atoms with Gasteiger partial charge in [-0.25, -0.2) is 0 Å². The summed E-state index contributed by atoms with van der Waals surface area (Å²) in [6.07, 6.45) is 2.76. The van der Waals surface area contributed by atoms with Crippen molar-refractivity contribution in [3.05, 3.63) is 0 Å². The molecule has 2 N–H and O–H groups in total. The van der Waals surface area contributed by atoms with Gasteiger partial charge in [-0.2, -0.15) is 11.8 Å². The molecule has 0 amide bonds. The van der Waals surface area contributed by atoms with E-state index in [9.17, 15) is 0 Å². The monoisotopic (exact) mass is 250 g/mol. The highest BCUT2D eigenvalue weighted by atomic mass is 32.2. The van der Waals surface area contributed by atoms with Gasteiger partial charge in [-0.15, -0.1) is 0 Å². The molecule has 0 fully saturated rings. The van der Waals surface area contributed by atoms with Crippen molar-refractivity contribution in [2.75, 3.05) is 39.8 Å². The minimum atomic E-state index is -0.169. The SMILES string of the molecule is COC(CC(CN)N(C)C(C)CSC)OC. The number of nitrogens with zero attached hydrogens (tertiary/aromatic N) is 1. The zero-order valence-electron chi connectivity index (χ0n) is 11.1. The standard InChI is InChI=1S/C11H26N2O2S/c1-9(8-16-5)13(2)10(7-12)6-11(14-3)15-4/h9-11H,6-8,12H2,1-5H3. The Kier molecular flexibility index (Phi) is 9.35. The van der Waals surface area contributed by atoms with Crippen LogP contribution in [-0.4, -0.2) is 63.1 Å². The van der Waals surface area contributed by atoms with Gasteiger partial charge in [0.25, 0.3) is 0 Å². The fourth-order valence-electron chi connectivity index (χ4n) is 1.66. The summed E-state index contributed by atoms with van der Waals surface area (Å²) in [4.78, 5) is 2.31. The van der Waals surface area contributed by atoms with Crippen LogP contribution in [0.4, 0.5) is 0 Å². The van der Waals surface area contributed by atoms with Crippen molar-refractivity contribution in [3.63, 3.8) is 0 Å². The van der Waals surface area contributed by atoms with Crippen molar-refractivity contribution in [2.45, 2.75) is 31.7 Å². The largest absolute Gasteiger partial charge is 0.356 e. The van der Waals surface area contributed by atoms with Crippen LogP contribution in [0.5, 0.6) is 0 Å². The summed E-state index contributed by atoms with van der Waals surface area (Å²) in [5.74, 6) is 1.11. The lowest BCUT2D eigenvalue weighted by atomic mass is 10.1. The van der Waals surface area contributed by atoms with Gasteiger partial charge < -0.3 is 15.2 Å². The minimum absolute atomic E-state index is 0.169. The highest BCUT2D eigenvalue weighted by molar-refractivity contribution is 7.98. The van der Waals surface area contributed by atoms with Crippen molar-refractivity contribution < 1.29 is 9.47 Å². The van der Waals surface area contributed by atoms with E-state index in [4.69, 9.17) is 15.2 Å². The summed E-state index contributed by atoms with van der Waals surface area (Å²) in [7, 11) is 5.43. The summed E-state index contributed by atoms with van der Waals surface area (Å²) in [5, 5.41) is 0. The van der Waals surface area contributed by atoms with E-state index >= 15 is 0 Å². The lowest BCUT2D eigenvalue weighted by molar-refractivity contribution is -0.116. The number of likely N-dealkylation sites (N-methyl/N-ethyl adjacent to an activating group) is 1. The van der Waals surface area contributed by atoms with Gasteiger partial charge in [0.1, 0.15) is 0 Å². The average Bonchev–Trinajstić information content (AvgIpc) is 2.30. The first-order chi connectivity index (χ1) is 7.60. The third kappa shape index (κ3) is 5.50. The molecular weight excluding hydrogens is 224 g/mol. The molecule has 16 heavy (non-hydrogen) atoms. The van der Waals surface area contributed by atoms with Gasteiger partial charge in [0, 0.05) is 45.0 Å². The number of thioether (sulfide) groups is 1. The van der Waals surface area contributed by atoms with Crippen LogP contribution in [0.1, 0.15) is 13.3 Å². The van der Waals surface area contributed by atoms with Gasteiger partial charge in [-0.1, -0.05) is 0 Å². The number of nitrogens with two attached hydrogens (primary N) is 1. The third-order valence-electron chi connectivity index (χ3n) is 2.94. The smallest absolute Gasteiger partial charge is 0.158 e. The Labute approximate surface area is 104 Å². The van der Waals surface area contributed by atoms with Crippen molar-refractivity contribution in [1.29, 1.82) is 0 Å². The molecule has 0 saturated heterocycles. The topological polar surface area (TPSA) is 47.7 Å². The van der Waals surface area contributed by atoms with Crippen molar-refractivity contribution in [1.82, 2.24) is 4.90 Å². The molecule has 2 unspecified atom stereocenters. The second kappa shape index (κ2) is 9.24. The number of hydrogen-bond donors (Lipinski definition) is 1. The predicted octanol–water partition coefficient (Wildman–Crippen LogP) is 1.01. The number of ether oxygens (including phenoxy) is 2. The van der Waals surface area contributed by atoms with Crippen LogP contribution < -0.4 is 5.73 Å². The molecule has 0 aliphatic rings. The van der Waals surface area contributed by atoms with Crippen LogP contribution in [0.3, 0.4) is 0 Å². The molecule has 98 valence electrons. The Morgan fingerprint density at radius 1 is 1.31 bits per heavy atom. The van der Waals surface area contributed by atoms with Gasteiger partial charge in [-0.3, -0.25) is 4.90 Å². The molecule has 0 bridgehead atoms. The highest BCUT2D eigenvalue weighted by Gasteiger charge is 2.22. The molecule has 0 aliphatic carbocycles. The third-order valence-corrected chi connectivity index (χ3v) is 3.76. The molecule has 0 aliphatic heterocycles. The molecule has 0 aromatic carbocycles. The fourth-order valence-corrected chi connectivity index (χ4v) is 2.38. The molecule has 0 saturated carbocycles. The number of rotatable bonds is 9. The molecule has 4 nitrogen and oxygen atoms in total. The maximum Gasteiger partial charge on any atom is 0.158 e. The lowest BCUT2D eigenvalue weighted by Crippen LogP contribution is -2.46. The fraction of sp³-hybridized carbons (Fsp3) is 1.00. The van der Waals surface area contributed by atoms with E-state index in [-0.39, 0.29) is 6.29 Å². The van der Waals surface area contributed by atoms with Gasteiger partial charge in [-0.05, 0) is 20.2 Å². The second-order valence-corrected chi connectivity index (χ2v) is 4.91. The van der Waals surface area contributed by atoms with Gasteiger partial charge in [0.05, 0.1) is 0 Å². The van der Waals surface area contributed by atoms with Gasteiger partial charge >= 0.3 is 0 Å². The predicted molar refractivity (Wildman–Crippen MR) is 70.9 cm³/mol. The first-order valence-electron chi connectivity index (χ1n) is 5.57. The van der Waals surface area contributed by atoms with E-state index < -0.39 is 0 Å². The van der Waals surface area contributed by atoms with E-state index in [1.165, 1.54) is 0 Å². The van der Waals surface area contributed by atoms with Crippen LogP contribution in [0, 0.1) is 0 Å². The molecule has 5 heteroatoms. The molecule has 0 heterocycles. The molecule has 0 rings (SSSR count). The van der Waals surface area contributed by atoms with Crippen LogP contribution in [0.25, 0.3) is 0 Å². The first-order valence-corrected chi connectivity index (χ1v) is 6.96. The van der Waals surface area contributed by atoms with Crippen molar-refractivity contribution >= 4 is 11.8 Å². The maximum atomic E-state index is 5.81. The quantitative estimate of drug-likeness (QED) is 0.619. The van der Waals surface area contributed by atoms with Crippen LogP contribution in [0.2, 0.25) is 0 Å². The van der Waals surface area contributed by atoms with Gasteiger partial charge in [0.15, 0.2) is 6.29 Å². The van der Waals surface area contributed by atoms with E-state index in [1.54, 1.807) is 14.2 Å². The van der Waals surface area contributed by atoms with E-state index in [2.05, 4.69) is 25.1 Å². The lowest BCUT2D eigenvalue weighted by Gasteiger charge is -2.33. The Balaban J connectivity index is 4.24. The van der Waals surface area contributed by atoms with Crippen molar-refractivity contribution in [2.24, 2.45) is 5.73 Å². The molecular formula is C11H26N2O2S. The van der Waals surface area contributed by atoms with Crippen LogP contribution in [0.15, 0.2) is 0 Å². The summed E-state index contributed by atoms with van der Waals surface area (Å²) >= 11 is 1.85. The minimum Gasteiger partial charge on any atom is -0.356 e. The normalized spacial score (nSPS) is 15.8. The average molecular weight is 250 g/mol. The van der Waals surface area contributed by atoms with Crippen molar-refractivity contribution in [3.8, 4) is 0 Å². The zero-order chi connectivity index (χ0) is 12.6. The Hall–Kier alpha value is 0.190. The molecule has 0 spiro atoms. The summed E-state index contributed by atoms with van der Waals surface area (Å²) in [6, 6.07) is 0.810. The second-order valence-electron chi connectivity index (χ2n) is 4.00. The van der Waals surface area contributed by atoms with Crippen LogP contribution in [-0.2, 0) is 9.47 Å². The molecule has 0 aromatic rings. The molecule has 0 radical (unpaired) electrons. The Morgan fingerprint density at radius 2 is 1.88 bits per heavy atom. The van der Waals surface area contributed by atoms with E-state index in [0.717, 1.165) is 12.2 Å². The van der Waals surface area contributed by atoms with E-state index in [1.807, 2.05) is 11.8 Å². The Bertz CT molecular complexity index is 168. The summed E-state index contributed by atoms with van der Waals surface area (Å²) < 4.78 is 10.4. The van der Waals surface area contributed by atoms with Crippen LogP contribution >= 0.6 is 11.8 Å². The highest BCUT2D eigenvalue weighted by Crippen LogP contribution is 2.13. The molecule has 0 aromatic heterocycles. The van der Waals surface area contributed by atoms with Gasteiger partial charge in [0.2, 0.25) is 0 Å². The summed E-state index contributed by atoms with van der Waals surface area (Å²) in [6.45, 7) is 2.84. The Morgan fingerprint density at radius 3 is 2.25 bits per heavy atom. The first kappa shape index (κ1) is 16.2. The summed E-state index contributed by atoms with van der Waals surface area (Å²) in [5.41, 5.74) is 5.81. The van der Waals surface area contributed by atoms with E-state index in [0.29, 0.717) is 18.6 Å².